The van der Waals surface area contributed by atoms with E-state index in [0.717, 1.165) is 11.8 Å². The van der Waals surface area contributed by atoms with Crippen LogP contribution in [-0.4, -0.2) is 0 Å². The summed E-state index contributed by atoms with van der Waals surface area (Å²) in [4.78, 5) is 0. The van der Waals surface area contributed by atoms with E-state index in [1.54, 1.807) is 11.1 Å². The fraction of sp³-hybridized carbons (Fsp3) is 0.385. The molecule has 2 atom stereocenters. The summed E-state index contributed by atoms with van der Waals surface area (Å²) in [5.74, 6) is 1.52. The molecule has 0 aromatic heterocycles. The minimum Gasteiger partial charge on any atom is -0.0839 e. The van der Waals surface area contributed by atoms with Gasteiger partial charge in [-0.15, -0.1) is 0 Å². The number of hydrogen-bond donors (Lipinski definition) is 0. The minimum absolute atomic E-state index is 0.741. The van der Waals surface area contributed by atoms with Crippen LogP contribution in [0.4, 0.5) is 0 Å². The summed E-state index contributed by atoms with van der Waals surface area (Å²) < 4.78 is 0. The van der Waals surface area contributed by atoms with Crippen molar-refractivity contribution >= 4 is 0 Å². The van der Waals surface area contributed by atoms with Gasteiger partial charge < -0.3 is 0 Å². The lowest BCUT2D eigenvalue weighted by atomic mass is 9.86. The number of fused-ring (bicyclic) bond motifs is 2. The maximum atomic E-state index is 2.38. The molecule has 0 aliphatic heterocycles. The van der Waals surface area contributed by atoms with Gasteiger partial charge in [-0.25, -0.2) is 0 Å². The van der Waals surface area contributed by atoms with E-state index >= 15 is 0 Å². The van der Waals surface area contributed by atoms with Gasteiger partial charge in [0.2, 0.25) is 0 Å². The Bertz CT molecular complexity index is 339. The van der Waals surface area contributed by atoms with Crippen LogP contribution in [0.5, 0.6) is 0 Å². The van der Waals surface area contributed by atoms with Crippen molar-refractivity contribution in [1.82, 2.24) is 0 Å². The van der Waals surface area contributed by atoms with Gasteiger partial charge in [-0.2, -0.15) is 0 Å². The van der Waals surface area contributed by atoms with Gasteiger partial charge in [-0.05, 0) is 30.8 Å². The Balaban J connectivity index is 2.00. The van der Waals surface area contributed by atoms with Gasteiger partial charge in [0.15, 0.2) is 0 Å². The Morgan fingerprint density at radius 2 is 2.08 bits per heavy atom. The maximum absolute atomic E-state index is 2.38. The molecule has 66 valence electrons. The number of hydrogen-bond acceptors (Lipinski definition) is 0. The monoisotopic (exact) mass is 170 g/mol. The molecule has 0 fully saturated rings. The highest BCUT2D eigenvalue weighted by molar-refractivity contribution is 5.41. The fourth-order valence-electron chi connectivity index (χ4n) is 2.79. The SMILES string of the molecule is C1=CC2CC3=C(CCC=C3)C2C=C1. The lowest BCUT2D eigenvalue weighted by Gasteiger charge is -2.19. The predicted molar refractivity (Wildman–Crippen MR) is 55.3 cm³/mol. The van der Waals surface area contributed by atoms with Gasteiger partial charge >= 0.3 is 0 Å². The van der Waals surface area contributed by atoms with Crippen molar-refractivity contribution < 1.29 is 0 Å². The molecule has 0 heterocycles. The van der Waals surface area contributed by atoms with Gasteiger partial charge in [0.25, 0.3) is 0 Å². The molecule has 0 bridgehead atoms. The lowest BCUT2D eigenvalue weighted by Crippen LogP contribution is -2.08. The third kappa shape index (κ3) is 1.05. The van der Waals surface area contributed by atoms with Gasteiger partial charge in [0, 0.05) is 5.92 Å². The first-order valence-corrected chi connectivity index (χ1v) is 5.18. The Labute approximate surface area is 79.3 Å². The zero-order valence-electron chi connectivity index (χ0n) is 7.74. The normalized spacial score (nSPS) is 35.1. The maximum Gasteiger partial charge on any atom is 0.00519 e. The van der Waals surface area contributed by atoms with E-state index in [2.05, 4.69) is 36.5 Å². The van der Waals surface area contributed by atoms with Crippen LogP contribution in [0, 0.1) is 11.8 Å². The van der Waals surface area contributed by atoms with E-state index in [9.17, 15) is 0 Å². The Morgan fingerprint density at radius 3 is 3.08 bits per heavy atom. The van der Waals surface area contributed by atoms with Gasteiger partial charge in [-0.1, -0.05) is 42.0 Å². The van der Waals surface area contributed by atoms with Crippen LogP contribution in [0.1, 0.15) is 19.3 Å². The van der Waals surface area contributed by atoms with Gasteiger partial charge in [0.1, 0.15) is 0 Å². The first kappa shape index (κ1) is 7.37. The average Bonchev–Trinajstić information content (AvgIpc) is 2.56. The van der Waals surface area contributed by atoms with Gasteiger partial charge in [0.05, 0.1) is 0 Å². The molecule has 0 aromatic rings. The van der Waals surface area contributed by atoms with E-state index in [1.165, 1.54) is 19.3 Å². The van der Waals surface area contributed by atoms with Crippen molar-refractivity contribution in [2.24, 2.45) is 11.8 Å². The third-order valence-corrected chi connectivity index (χ3v) is 3.42. The summed E-state index contributed by atoms with van der Waals surface area (Å²) >= 11 is 0. The second-order valence-electron chi connectivity index (χ2n) is 4.16. The quantitative estimate of drug-likeness (QED) is 0.522. The number of rotatable bonds is 0. The topological polar surface area (TPSA) is 0 Å². The highest BCUT2D eigenvalue weighted by Gasteiger charge is 2.31. The van der Waals surface area contributed by atoms with Crippen LogP contribution in [0.3, 0.4) is 0 Å². The second-order valence-corrected chi connectivity index (χ2v) is 4.16. The number of allylic oxidation sites excluding steroid dienone is 8. The van der Waals surface area contributed by atoms with E-state index in [-0.39, 0.29) is 0 Å². The molecule has 13 heavy (non-hydrogen) atoms. The molecule has 3 aliphatic carbocycles. The molecule has 0 aromatic carbocycles. The fourth-order valence-corrected chi connectivity index (χ4v) is 2.79. The van der Waals surface area contributed by atoms with E-state index < -0.39 is 0 Å². The summed E-state index contributed by atoms with van der Waals surface area (Å²) in [6.45, 7) is 0. The molecule has 0 saturated heterocycles. The van der Waals surface area contributed by atoms with Crippen molar-refractivity contribution in [1.29, 1.82) is 0 Å². The zero-order valence-corrected chi connectivity index (χ0v) is 7.74. The summed E-state index contributed by atoms with van der Waals surface area (Å²) in [6.07, 6.45) is 17.6. The first-order valence-electron chi connectivity index (χ1n) is 5.18. The molecule has 3 rings (SSSR count). The molecule has 0 spiro atoms. The molecular weight excluding hydrogens is 156 g/mol. The minimum atomic E-state index is 0.741. The average molecular weight is 170 g/mol. The Kier molecular flexibility index (Phi) is 1.55. The van der Waals surface area contributed by atoms with Crippen LogP contribution in [0.15, 0.2) is 47.6 Å². The molecule has 3 aliphatic rings. The second kappa shape index (κ2) is 2.73. The highest BCUT2D eigenvalue weighted by atomic mass is 14.4. The molecule has 0 saturated carbocycles. The van der Waals surface area contributed by atoms with Crippen LogP contribution in [0.25, 0.3) is 0 Å². The largest absolute Gasteiger partial charge is 0.0839 e. The standard InChI is InChI=1S/C13H14/c1-3-7-12-10(5-1)9-11-6-2-4-8-13(11)12/h1-3,5-7,10,12H,4,8-9H2. The lowest BCUT2D eigenvalue weighted by molar-refractivity contribution is 0.565. The van der Waals surface area contributed by atoms with Crippen molar-refractivity contribution in [2.75, 3.05) is 0 Å². The Hall–Kier alpha value is -1.04. The van der Waals surface area contributed by atoms with Crippen LogP contribution in [-0.2, 0) is 0 Å². The van der Waals surface area contributed by atoms with Crippen molar-refractivity contribution in [3.8, 4) is 0 Å². The summed E-state index contributed by atoms with van der Waals surface area (Å²) in [5, 5.41) is 0. The highest BCUT2D eigenvalue weighted by Crippen LogP contribution is 2.44. The molecule has 2 unspecified atom stereocenters. The Morgan fingerprint density at radius 1 is 1.15 bits per heavy atom. The molecule has 0 radical (unpaired) electrons. The van der Waals surface area contributed by atoms with E-state index in [0.29, 0.717) is 0 Å². The molecule has 0 amide bonds. The zero-order chi connectivity index (χ0) is 8.67. The molecule has 0 nitrogen and oxygen atoms in total. The molecule has 0 N–H and O–H groups in total. The molecule has 0 heteroatoms. The van der Waals surface area contributed by atoms with Crippen LogP contribution in [0.2, 0.25) is 0 Å². The van der Waals surface area contributed by atoms with Crippen molar-refractivity contribution in [2.45, 2.75) is 19.3 Å². The van der Waals surface area contributed by atoms with Gasteiger partial charge in [-0.3, -0.25) is 0 Å². The summed E-state index contributed by atoms with van der Waals surface area (Å²) in [5.41, 5.74) is 3.34. The summed E-state index contributed by atoms with van der Waals surface area (Å²) in [6, 6.07) is 0. The van der Waals surface area contributed by atoms with E-state index in [1.807, 2.05) is 0 Å². The van der Waals surface area contributed by atoms with Crippen molar-refractivity contribution in [3.63, 3.8) is 0 Å². The smallest absolute Gasteiger partial charge is 0.00519 e. The van der Waals surface area contributed by atoms with Crippen LogP contribution < -0.4 is 0 Å². The van der Waals surface area contributed by atoms with E-state index in [4.69, 9.17) is 0 Å². The van der Waals surface area contributed by atoms with Crippen LogP contribution >= 0.6 is 0 Å². The summed E-state index contributed by atoms with van der Waals surface area (Å²) in [7, 11) is 0. The first-order chi connectivity index (χ1) is 6.45. The van der Waals surface area contributed by atoms with Crippen molar-refractivity contribution in [3.05, 3.63) is 47.6 Å². The third-order valence-electron chi connectivity index (χ3n) is 3.42. The predicted octanol–water partition coefficient (Wildman–Crippen LogP) is 3.40. The molecular formula is C13H14.